The predicted molar refractivity (Wildman–Crippen MR) is 94.0 cm³/mol. The summed E-state index contributed by atoms with van der Waals surface area (Å²) in [6.07, 6.45) is 4.08. The van der Waals surface area contributed by atoms with Crippen LogP contribution in [0.25, 0.3) is 11.0 Å². The molecular formula is C17H23ClN4O. The van der Waals surface area contributed by atoms with Crippen molar-refractivity contribution in [1.29, 1.82) is 0 Å². The number of anilines is 1. The lowest BCUT2D eigenvalue weighted by Gasteiger charge is -2.31. The van der Waals surface area contributed by atoms with Gasteiger partial charge in [0.05, 0.1) is 17.0 Å². The minimum absolute atomic E-state index is 0.0393. The number of halogens is 1. The molecule has 0 bridgehead atoms. The fraction of sp³-hybridized carbons (Fsp3) is 0.529. The summed E-state index contributed by atoms with van der Waals surface area (Å²) >= 11 is 6.02. The van der Waals surface area contributed by atoms with Crippen molar-refractivity contribution in [3.05, 3.63) is 23.2 Å². The minimum atomic E-state index is 0.0393. The van der Waals surface area contributed by atoms with Crippen molar-refractivity contribution < 1.29 is 4.79 Å². The molecule has 0 aliphatic carbocycles. The summed E-state index contributed by atoms with van der Waals surface area (Å²) in [4.78, 5) is 22.4. The van der Waals surface area contributed by atoms with E-state index in [1.54, 1.807) is 0 Å². The van der Waals surface area contributed by atoms with Gasteiger partial charge in [-0.25, -0.2) is 4.98 Å². The molecular weight excluding hydrogens is 312 g/mol. The molecule has 0 unspecified atom stereocenters. The maximum Gasteiger partial charge on any atom is 0.224 e. The maximum absolute atomic E-state index is 12.3. The van der Waals surface area contributed by atoms with Crippen molar-refractivity contribution in [2.75, 3.05) is 24.5 Å². The van der Waals surface area contributed by atoms with Gasteiger partial charge in [0.1, 0.15) is 0 Å². The van der Waals surface area contributed by atoms with Crippen molar-refractivity contribution in [3.8, 4) is 0 Å². The standard InChI is InChI=1S/C17H23ClN4O/c1-2-3-8-19-16(23)12-5-4-9-22(11-12)17-20-14-7-6-13(18)10-15(14)21-17/h6-7,10,12H,2-5,8-9,11H2,1H3,(H,19,23)(H,20,21)/t12-/m1/s1. The van der Waals surface area contributed by atoms with Gasteiger partial charge in [0.25, 0.3) is 0 Å². The Labute approximate surface area is 141 Å². The third-order valence-electron chi connectivity index (χ3n) is 4.35. The summed E-state index contributed by atoms with van der Waals surface area (Å²) in [6, 6.07) is 5.64. The largest absolute Gasteiger partial charge is 0.356 e. The summed E-state index contributed by atoms with van der Waals surface area (Å²) in [5, 5.41) is 3.74. The highest BCUT2D eigenvalue weighted by Gasteiger charge is 2.27. The minimum Gasteiger partial charge on any atom is -0.356 e. The molecule has 5 nitrogen and oxygen atoms in total. The molecule has 3 rings (SSSR count). The molecule has 2 N–H and O–H groups in total. The Morgan fingerprint density at radius 2 is 2.39 bits per heavy atom. The van der Waals surface area contributed by atoms with Crippen LogP contribution in [0, 0.1) is 5.92 Å². The van der Waals surface area contributed by atoms with Gasteiger partial charge in [0.15, 0.2) is 0 Å². The molecule has 1 aromatic carbocycles. The first-order valence-corrected chi connectivity index (χ1v) is 8.73. The lowest BCUT2D eigenvalue weighted by molar-refractivity contribution is -0.125. The number of aromatic nitrogens is 2. The number of aromatic amines is 1. The normalized spacial score (nSPS) is 18.3. The molecule has 1 fully saturated rings. The van der Waals surface area contributed by atoms with E-state index in [0.29, 0.717) is 11.6 Å². The highest BCUT2D eigenvalue weighted by Crippen LogP contribution is 2.25. The summed E-state index contributed by atoms with van der Waals surface area (Å²) in [5.41, 5.74) is 1.83. The van der Waals surface area contributed by atoms with E-state index >= 15 is 0 Å². The quantitative estimate of drug-likeness (QED) is 0.824. The summed E-state index contributed by atoms with van der Waals surface area (Å²) in [5.74, 6) is 1.04. The molecule has 1 atom stereocenters. The fourth-order valence-corrected chi connectivity index (χ4v) is 3.21. The van der Waals surface area contributed by atoms with Crippen LogP contribution in [0.2, 0.25) is 5.02 Å². The Bertz CT molecular complexity index is 684. The van der Waals surface area contributed by atoms with Crippen LogP contribution < -0.4 is 10.2 Å². The zero-order valence-electron chi connectivity index (χ0n) is 13.4. The molecule has 1 saturated heterocycles. The summed E-state index contributed by atoms with van der Waals surface area (Å²) in [7, 11) is 0. The number of carbonyl (C=O) groups excluding carboxylic acids is 1. The van der Waals surface area contributed by atoms with Crippen molar-refractivity contribution in [1.82, 2.24) is 15.3 Å². The Morgan fingerprint density at radius 3 is 3.22 bits per heavy atom. The molecule has 0 saturated carbocycles. The van der Waals surface area contributed by atoms with Crippen LogP contribution in [-0.4, -0.2) is 35.5 Å². The summed E-state index contributed by atoms with van der Waals surface area (Å²) < 4.78 is 0. The van der Waals surface area contributed by atoms with Gasteiger partial charge in [-0.2, -0.15) is 0 Å². The second-order valence-electron chi connectivity index (χ2n) is 6.15. The average molecular weight is 335 g/mol. The number of amides is 1. The number of imidazole rings is 1. The molecule has 124 valence electrons. The highest BCUT2D eigenvalue weighted by atomic mass is 35.5. The van der Waals surface area contributed by atoms with Crippen LogP contribution in [0.15, 0.2) is 18.2 Å². The number of piperidine rings is 1. The molecule has 23 heavy (non-hydrogen) atoms. The average Bonchev–Trinajstić information content (AvgIpc) is 2.98. The van der Waals surface area contributed by atoms with Gasteiger partial charge in [-0.3, -0.25) is 4.79 Å². The number of rotatable bonds is 5. The monoisotopic (exact) mass is 334 g/mol. The Balaban J connectivity index is 1.68. The van der Waals surface area contributed by atoms with Gasteiger partial charge in [-0.1, -0.05) is 24.9 Å². The van der Waals surface area contributed by atoms with E-state index in [0.717, 1.165) is 55.8 Å². The predicted octanol–water partition coefficient (Wildman–Crippen LogP) is 3.35. The van der Waals surface area contributed by atoms with E-state index in [1.165, 1.54) is 0 Å². The number of H-pyrrole nitrogens is 1. The third kappa shape index (κ3) is 3.78. The van der Waals surface area contributed by atoms with Crippen LogP contribution >= 0.6 is 11.6 Å². The molecule has 1 aliphatic rings. The van der Waals surface area contributed by atoms with E-state index in [1.807, 2.05) is 18.2 Å². The van der Waals surface area contributed by atoms with Crippen LogP contribution in [0.1, 0.15) is 32.6 Å². The first-order valence-electron chi connectivity index (χ1n) is 8.35. The third-order valence-corrected chi connectivity index (χ3v) is 4.59. The Kier molecular flexibility index (Phi) is 5.06. The number of nitrogens with one attached hydrogen (secondary N) is 2. The van der Waals surface area contributed by atoms with Gasteiger partial charge in [-0.15, -0.1) is 0 Å². The number of hydrogen-bond acceptors (Lipinski definition) is 3. The first-order chi connectivity index (χ1) is 11.2. The van der Waals surface area contributed by atoms with Gasteiger partial charge in [0, 0.05) is 24.7 Å². The topological polar surface area (TPSA) is 61.0 Å². The fourth-order valence-electron chi connectivity index (χ4n) is 3.03. The molecule has 1 amide bonds. The van der Waals surface area contributed by atoms with E-state index in [2.05, 4.69) is 27.1 Å². The zero-order valence-corrected chi connectivity index (χ0v) is 14.2. The van der Waals surface area contributed by atoms with Crippen molar-refractivity contribution in [2.45, 2.75) is 32.6 Å². The van der Waals surface area contributed by atoms with Crippen molar-refractivity contribution >= 4 is 34.5 Å². The molecule has 6 heteroatoms. The number of nitrogens with zero attached hydrogens (tertiary/aromatic N) is 2. The van der Waals surface area contributed by atoms with E-state index in [9.17, 15) is 4.79 Å². The first kappa shape index (κ1) is 16.1. The van der Waals surface area contributed by atoms with Crippen molar-refractivity contribution in [3.63, 3.8) is 0 Å². The highest BCUT2D eigenvalue weighted by molar-refractivity contribution is 6.31. The molecule has 0 spiro atoms. The van der Waals surface area contributed by atoms with Crippen LogP contribution in [0.4, 0.5) is 5.95 Å². The van der Waals surface area contributed by atoms with E-state index in [-0.39, 0.29) is 11.8 Å². The van der Waals surface area contributed by atoms with Gasteiger partial charge in [0.2, 0.25) is 11.9 Å². The molecule has 2 aromatic rings. The Hall–Kier alpha value is -1.75. The molecule has 1 aromatic heterocycles. The zero-order chi connectivity index (χ0) is 16.2. The SMILES string of the molecule is CCCCNC(=O)[C@@H]1CCCN(c2nc3ccc(Cl)cc3[nH]2)C1. The van der Waals surface area contributed by atoms with Gasteiger partial charge >= 0.3 is 0 Å². The molecule has 0 radical (unpaired) electrons. The van der Waals surface area contributed by atoms with Crippen LogP contribution in [0.5, 0.6) is 0 Å². The van der Waals surface area contributed by atoms with Gasteiger partial charge < -0.3 is 15.2 Å². The second-order valence-corrected chi connectivity index (χ2v) is 6.59. The number of benzene rings is 1. The van der Waals surface area contributed by atoms with E-state index < -0.39 is 0 Å². The lowest BCUT2D eigenvalue weighted by Crippen LogP contribution is -2.43. The molecule has 2 heterocycles. The Morgan fingerprint density at radius 1 is 1.52 bits per heavy atom. The second kappa shape index (κ2) is 7.21. The lowest BCUT2D eigenvalue weighted by atomic mass is 9.97. The smallest absolute Gasteiger partial charge is 0.224 e. The number of fused-ring (bicyclic) bond motifs is 1. The van der Waals surface area contributed by atoms with E-state index in [4.69, 9.17) is 11.6 Å². The van der Waals surface area contributed by atoms with Gasteiger partial charge in [-0.05, 0) is 37.5 Å². The molecule has 1 aliphatic heterocycles. The number of carbonyl (C=O) groups is 1. The summed E-state index contributed by atoms with van der Waals surface area (Å²) in [6.45, 7) is 4.54. The number of unbranched alkanes of at least 4 members (excludes halogenated alkanes) is 1. The maximum atomic E-state index is 12.3. The van der Waals surface area contributed by atoms with Crippen molar-refractivity contribution in [2.24, 2.45) is 5.92 Å². The van der Waals surface area contributed by atoms with Crippen LogP contribution in [-0.2, 0) is 4.79 Å². The number of hydrogen-bond donors (Lipinski definition) is 2. The van der Waals surface area contributed by atoms with Crippen LogP contribution in [0.3, 0.4) is 0 Å².